The Morgan fingerprint density at radius 2 is 1.40 bits per heavy atom. The molecule has 0 radical (unpaired) electrons. The first-order valence-electron chi connectivity index (χ1n) is 0.654. The maximum Gasteiger partial charge on any atom is 0.106 e. The van der Waals surface area contributed by atoms with Crippen molar-refractivity contribution in [1.82, 2.24) is 0 Å². The van der Waals surface area contributed by atoms with Crippen molar-refractivity contribution in [2.24, 2.45) is 0 Å². The molecule has 0 aromatic heterocycles. The number of hydrogen-bond donors (Lipinski definition) is 2. The molecule has 0 aliphatic rings. The lowest BCUT2D eigenvalue weighted by molar-refractivity contribution is -0.465. The summed E-state index contributed by atoms with van der Waals surface area (Å²) in [7, 11) is 0. The van der Waals surface area contributed by atoms with Gasteiger partial charge < -0.3 is 4.79 Å². The molecule has 0 atom stereocenters. The van der Waals surface area contributed by atoms with Crippen molar-refractivity contribution in [2.45, 2.75) is 0 Å². The van der Waals surface area contributed by atoms with E-state index in [1.165, 1.54) is 0 Å². The second kappa shape index (κ2) is 76.3. The predicted molar refractivity (Wildman–Crippen MR) is 13.5 cm³/mol. The van der Waals surface area contributed by atoms with E-state index < -0.39 is 0 Å². The fourth-order valence-corrected chi connectivity index (χ4v) is 0. The van der Waals surface area contributed by atoms with Crippen LogP contribution in [0.15, 0.2) is 0 Å². The highest BCUT2D eigenvalue weighted by Gasteiger charge is 1.27. The van der Waals surface area contributed by atoms with Crippen molar-refractivity contribution in [1.29, 1.82) is 0 Å². The molecular formula is CH4O4. The third-order valence-electron chi connectivity index (χ3n) is 0. The van der Waals surface area contributed by atoms with Crippen LogP contribution in [-0.4, -0.2) is 17.3 Å². The van der Waals surface area contributed by atoms with E-state index in [2.05, 4.69) is 5.04 Å². The number of carbonyl (C=O) groups excluding carboxylic acids is 1. The van der Waals surface area contributed by atoms with Crippen LogP contribution in [0.25, 0.3) is 0 Å². The Labute approximate surface area is 28.5 Å². The fourth-order valence-electron chi connectivity index (χ4n) is 0. The van der Waals surface area contributed by atoms with Gasteiger partial charge in [-0.2, -0.15) is 0 Å². The lowest BCUT2D eigenvalue weighted by Crippen LogP contribution is -1.60. The Balaban J connectivity index is 0. The molecule has 4 heteroatoms. The Morgan fingerprint density at radius 1 is 1.40 bits per heavy atom. The molecule has 2 N–H and O–H groups in total. The largest absolute Gasteiger partial charge is 0.307 e. The Kier molecular flexibility index (Phi) is 135. The molecule has 0 rings (SSSR count). The van der Waals surface area contributed by atoms with E-state index in [1.54, 1.807) is 0 Å². The number of carbonyl (C=O) groups is 1. The van der Waals surface area contributed by atoms with Gasteiger partial charge in [0.25, 0.3) is 0 Å². The summed E-state index contributed by atoms with van der Waals surface area (Å²) >= 11 is 0. The maximum absolute atomic E-state index is 8.00. The highest BCUT2D eigenvalue weighted by Crippen LogP contribution is 1.24. The van der Waals surface area contributed by atoms with Crippen LogP contribution in [0.3, 0.4) is 0 Å². The summed E-state index contributed by atoms with van der Waals surface area (Å²) in [5.74, 6) is 0. The van der Waals surface area contributed by atoms with E-state index in [1.807, 2.05) is 6.79 Å². The first kappa shape index (κ1) is 8.82. The lowest BCUT2D eigenvalue weighted by Gasteiger charge is -1.56. The summed E-state index contributed by atoms with van der Waals surface area (Å²) in [5, 5.41) is 15.5. The molecule has 0 aromatic rings. The first-order chi connectivity index (χ1) is 2.41. The smallest absolute Gasteiger partial charge is 0.106 e. The van der Waals surface area contributed by atoms with Crippen LogP contribution >= 0.6 is 0 Å². The molecule has 0 heterocycles. The van der Waals surface area contributed by atoms with E-state index in [4.69, 9.17) is 15.3 Å². The van der Waals surface area contributed by atoms with Gasteiger partial charge in [0.15, 0.2) is 0 Å². The van der Waals surface area contributed by atoms with Crippen LogP contribution in [0.2, 0.25) is 0 Å². The topological polar surface area (TPSA) is 66.8 Å². The van der Waals surface area contributed by atoms with Gasteiger partial charge in [-0.15, -0.1) is 0 Å². The van der Waals surface area contributed by atoms with E-state index in [9.17, 15) is 0 Å². The molecule has 0 fully saturated rings. The van der Waals surface area contributed by atoms with Gasteiger partial charge in [-0.1, -0.05) is 5.04 Å². The van der Waals surface area contributed by atoms with Gasteiger partial charge in [0.1, 0.15) is 6.79 Å². The first-order valence-corrected chi connectivity index (χ1v) is 0.654. The van der Waals surface area contributed by atoms with Crippen molar-refractivity contribution in [3.8, 4) is 0 Å². The van der Waals surface area contributed by atoms with Gasteiger partial charge in [0.2, 0.25) is 0 Å². The molecule has 5 heavy (non-hydrogen) atoms. The van der Waals surface area contributed by atoms with Gasteiger partial charge in [-0.05, 0) is 0 Å². The van der Waals surface area contributed by atoms with Crippen LogP contribution in [-0.2, 0) is 9.83 Å². The molecule has 0 saturated heterocycles. The summed E-state index contributed by atoms with van der Waals surface area (Å²) in [6.45, 7) is 2.00. The highest BCUT2D eigenvalue weighted by atomic mass is 17.4. The summed E-state index contributed by atoms with van der Waals surface area (Å²) < 4.78 is 0. The fraction of sp³-hybridized carbons (Fsp3) is 0. The highest BCUT2D eigenvalue weighted by molar-refractivity contribution is 5.10. The molecule has 32 valence electrons. The van der Waals surface area contributed by atoms with Crippen molar-refractivity contribution in [2.75, 3.05) is 0 Å². The Bertz CT molecular complexity index is 7.61. The van der Waals surface area contributed by atoms with Gasteiger partial charge in [-0.25, -0.2) is 10.5 Å². The Morgan fingerprint density at radius 3 is 1.40 bits per heavy atom. The Hall–Kier alpha value is -0.450. The minimum atomic E-state index is 2.00. The van der Waals surface area contributed by atoms with Gasteiger partial charge in [0, 0.05) is 0 Å². The maximum atomic E-state index is 8.00. The zero-order valence-electron chi connectivity index (χ0n) is 2.42. The SMILES string of the molecule is C=O.OOO. The molecule has 0 bridgehead atoms. The summed E-state index contributed by atoms with van der Waals surface area (Å²) in [5.41, 5.74) is 0. The molecule has 0 aromatic carbocycles. The minimum Gasteiger partial charge on any atom is -0.307 e. The zero-order valence-corrected chi connectivity index (χ0v) is 2.42. The number of hydrogen-bond acceptors (Lipinski definition) is 4. The van der Waals surface area contributed by atoms with Gasteiger partial charge in [-0.3, -0.25) is 0 Å². The third-order valence-corrected chi connectivity index (χ3v) is 0. The van der Waals surface area contributed by atoms with Crippen LogP contribution in [0.5, 0.6) is 0 Å². The average Bonchev–Trinajstić information content (AvgIpc) is 1.46. The average molecular weight is 80.0 g/mol. The van der Waals surface area contributed by atoms with Gasteiger partial charge in [0.05, 0.1) is 0 Å². The van der Waals surface area contributed by atoms with E-state index in [0.29, 0.717) is 0 Å². The monoisotopic (exact) mass is 80.0 g/mol. The summed E-state index contributed by atoms with van der Waals surface area (Å²) in [6, 6.07) is 0. The molecule has 0 saturated carbocycles. The van der Waals surface area contributed by atoms with Crippen molar-refractivity contribution >= 4 is 6.79 Å². The molecule has 0 unspecified atom stereocenters. The van der Waals surface area contributed by atoms with Crippen molar-refractivity contribution < 1.29 is 20.3 Å². The van der Waals surface area contributed by atoms with Crippen LogP contribution in [0, 0.1) is 0 Å². The molecule has 0 amide bonds. The van der Waals surface area contributed by atoms with E-state index in [-0.39, 0.29) is 0 Å². The second-order valence-electron chi connectivity index (χ2n) is 0.0816. The van der Waals surface area contributed by atoms with Crippen LogP contribution < -0.4 is 0 Å². The third kappa shape index (κ3) is 42.1. The quantitative estimate of drug-likeness (QED) is 0.311. The molecule has 0 aliphatic carbocycles. The van der Waals surface area contributed by atoms with E-state index in [0.717, 1.165) is 0 Å². The van der Waals surface area contributed by atoms with Gasteiger partial charge >= 0.3 is 0 Å². The molecular weight excluding hydrogens is 76.0 g/mol. The second-order valence-corrected chi connectivity index (χ2v) is 0.0816. The normalized spacial score (nSPS) is 4.40. The minimum absolute atomic E-state index is 2.00. The lowest BCUT2D eigenvalue weighted by atomic mass is 11.9. The summed E-state index contributed by atoms with van der Waals surface area (Å²) in [4.78, 5) is 8.00. The van der Waals surface area contributed by atoms with E-state index >= 15 is 0 Å². The van der Waals surface area contributed by atoms with Crippen LogP contribution in [0.1, 0.15) is 0 Å². The standard InChI is InChI=1S/CH2O.H2O3/c1-2;1-3-2/h1H2;1-2H. The number of rotatable bonds is 0. The molecule has 4 nitrogen and oxygen atoms in total. The predicted octanol–water partition coefficient (Wildman–Crippen LogP) is -0.236. The van der Waals surface area contributed by atoms with Crippen molar-refractivity contribution in [3.05, 3.63) is 0 Å². The molecule has 0 aliphatic heterocycles. The zero-order chi connectivity index (χ0) is 4.71. The van der Waals surface area contributed by atoms with Crippen molar-refractivity contribution in [3.63, 3.8) is 0 Å². The van der Waals surface area contributed by atoms with Crippen LogP contribution in [0.4, 0.5) is 0 Å². The summed E-state index contributed by atoms with van der Waals surface area (Å²) in [6.07, 6.45) is 0. The molecule has 0 spiro atoms.